The smallest absolute Gasteiger partial charge is 0.196 e. The Kier molecular flexibility index (Phi) is 3.19. The maximum atomic E-state index is 6.07. The van der Waals surface area contributed by atoms with E-state index in [0.29, 0.717) is 21.4 Å². The SMILES string of the molecule is Clc1csc(Cl)c1NC1=N[C@H]2CCCC[C@H]2N1. The molecule has 1 saturated carbocycles. The zero-order chi connectivity index (χ0) is 11.8. The third-order valence-corrected chi connectivity index (χ3v) is 4.94. The molecule has 3 nitrogen and oxygen atoms in total. The number of rotatable bonds is 1. The van der Waals surface area contributed by atoms with Crippen LogP contribution in [0, 0.1) is 0 Å². The van der Waals surface area contributed by atoms with Crippen molar-refractivity contribution in [2.75, 3.05) is 5.32 Å². The van der Waals surface area contributed by atoms with Crippen molar-refractivity contribution in [2.45, 2.75) is 37.8 Å². The van der Waals surface area contributed by atoms with E-state index in [-0.39, 0.29) is 0 Å². The fraction of sp³-hybridized carbons (Fsp3) is 0.545. The van der Waals surface area contributed by atoms with E-state index in [1.807, 2.05) is 5.38 Å². The minimum Gasteiger partial charge on any atom is -0.351 e. The van der Waals surface area contributed by atoms with Crippen LogP contribution in [-0.2, 0) is 0 Å². The zero-order valence-electron chi connectivity index (χ0n) is 9.17. The van der Waals surface area contributed by atoms with Crippen LogP contribution in [0.4, 0.5) is 5.69 Å². The molecule has 0 aromatic carbocycles. The topological polar surface area (TPSA) is 36.4 Å². The second-order valence-electron chi connectivity index (χ2n) is 4.44. The summed E-state index contributed by atoms with van der Waals surface area (Å²) in [5.41, 5.74) is 0.767. The number of anilines is 1. The van der Waals surface area contributed by atoms with Crippen molar-refractivity contribution in [3.8, 4) is 0 Å². The molecule has 1 fully saturated rings. The Morgan fingerprint density at radius 2 is 2.18 bits per heavy atom. The van der Waals surface area contributed by atoms with Gasteiger partial charge in [-0.3, -0.25) is 0 Å². The van der Waals surface area contributed by atoms with Gasteiger partial charge in [0.15, 0.2) is 5.96 Å². The number of halogens is 2. The summed E-state index contributed by atoms with van der Waals surface area (Å²) in [5, 5.41) is 9.09. The Morgan fingerprint density at radius 3 is 2.88 bits per heavy atom. The highest BCUT2D eigenvalue weighted by atomic mass is 35.5. The fourth-order valence-electron chi connectivity index (χ4n) is 2.42. The molecule has 2 atom stereocenters. The van der Waals surface area contributed by atoms with Crippen molar-refractivity contribution in [2.24, 2.45) is 4.99 Å². The van der Waals surface area contributed by atoms with Gasteiger partial charge in [-0.25, -0.2) is 4.99 Å². The highest BCUT2D eigenvalue weighted by Crippen LogP contribution is 2.36. The number of hydrogen-bond acceptors (Lipinski definition) is 4. The van der Waals surface area contributed by atoms with Crippen LogP contribution >= 0.6 is 34.5 Å². The summed E-state index contributed by atoms with van der Waals surface area (Å²) in [4.78, 5) is 4.65. The number of aliphatic imine (C=N–C) groups is 1. The van der Waals surface area contributed by atoms with Crippen LogP contribution in [0.3, 0.4) is 0 Å². The van der Waals surface area contributed by atoms with E-state index in [4.69, 9.17) is 23.2 Å². The third kappa shape index (κ3) is 2.26. The highest BCUT2D eigenvalue weighted by Gasteiger charge is 2.31. The van der Waals surface area contributed by atoms with Crippen LogP contribution < -0.4 is 10.6 Å². The molecular weight excluding hydrogens is 277 g/mol. The number of fused-ring (bicyclic) bond motifs is 1. The van der Waals surface area contributed by atoms with E-state index in [1.54, 1.807) is 0 Å². The number of hydrogen-bond donors (Lipinski definition) is 2. The summed E-state index contributed by atoms with van der Waals surface area (Å²) < 4.78 is 0.675. The summed E-state index contributed by atoms with van der Waals surface area (Å²) >= 11 is 13.6. The summed E-state index contributed by atoms with van der Waals surface area (Å²) in [5.74, 6) is 0.809. The monoisotopic (exact) mass is 289 g/mol. The second kappa shape index (κ2) is 4.67. The zero-order valence-corrected chi connectivity index (χ0v) is 11.5. The second-order valence-corrected chi connectivity index (χ2v) is 6.33. The van der Waals surface area contributed by atoms with Gasteiger partial charge >= 0.3 is 0 Å². The van der Waals surface area contributed by atoms with E-state index in [2.05, 4.69) is 15.6 Å². The molecule has 2 N–H and O–H groups in total. The molecule has 1 aromatic rings. The maximum Gasteiger partial charge on any atom is 0.196 e. The van der Waals surface area contributed by atoms with Gasteiger partial charge in [0.25, 0.3) is 0 Å². The van der Waals surface area contributed by atoms with Crippen molar-refractivity contribution < 1.29 is 0 Å². The molecule has 0 radical (unpaired) electrons. The Balaban J connectivity index is 1.74. The van der Waals surface area contributed by atoms with Gasteiger partial charge in [0.1, 0.15) is 4.34 Å². The van der Waals surface area contributed by atoms with Crippen LogP contribution in [0.25, 0.3) is 0 Å². The van der Waals surface area contributed by atoms with Crippen LogP contribution in [-0.4, -0.2) is 18.0 Å². The normalized spacial score (nSPS) is 27.3. The number of nitrogens with zero attached hydrogens (tertiary/aromatic N) is 1. The van der Waals surface area contributed by atoms with Crippen molar-refractivity contribution >= 4 is 46.2 Å². The number of guanidine groups is 1. The molecule has 1 aliphatic carbocycles. The minimum atomic E-state index is 0.419. The minimum absolute atomic E-state index is 0.419. The van der Waals surface area contributed by atoms with Crippen molar-refractivity contribution in [1.82, 2.24) is 5.32 Å². The van der Waals surface area contributed by atoms with E-state index in [1.165, 1.54) is 37.0 Å². The molecule has 3 rings (SSSR count). The lowest BCUT2D eigenvalue weighted by Crippen LogP contribution is -2.38. The van der Waals surface area contributed by atoms with E-state index >= 15 is 0 Å². The van der Waals surface area contributed by atoms with Gasteiger partial charge in [0, 0.05) is 5.38 Å². The van der Waals surface area contributed by atoms with Gasteiger partial charge in [-0.2, -0.15) is 0 Å². The van der Waals surface area contributed by atoms with Gasteiger partial charge in [-0.15, -0.1) is 11.3 Å². The molecular formula is C11H13Cl2N3S. The maximum absolute atomic E-state index is 6.07. The average molecular weight is 290 g/mol. The summed E-state index contributed by atoms with van der Waals surface area (Å²) in [6, 6.07) is 0.907. The molecule has 92 valence electrons. The van der Waals surface area contributed by atoms with Gasteiger partial charge in [0.2, 0.25) is 0 Å². The molecule has 0 bridgehead atoms. The predicted molar refractivity (Wildman–Crippen MR) is 74.6 cm³/mol. The van der Waals surface area contributed by atoms with Gasteiger partial charge in [-0.1, -0.05) is 36.0 Å². The molecule has 2 aliphatic rings. The molecule has 0 unspecified atom stereocenters. The molecule has 17 heavy (non-hydrogen) atoms. The quantitative estimate of drug-likeness (QED) is 0.826. The lowest BCUT2D eigenvalue weighted by Gasteiger charge is -2.23. The molecule has 0 saturated heterocycles. The third-order valence-electron chi connectivity index (χ3n) is 3.29. The van der Waals surface area contributed by atoms with Crippen LogP contribution in [0.15, 0.2) is 10.4 Å². The van der Waals surface area contributed by atoms with E-state index in [9.17, 15) is 0 Å². The lowest BCUT2D eigenvalue weighted by molar-refractivity contribution is 0.384. The standard InChI is InChI=1S/C11H13Cl2N3S/c12-6-5-17-10(13)9(6)16-11-14-7-3-1-2-4-8(7)15-11/h5,7-8H,1-4H2,(H2,14,15,16)/t7-,8+. The first-order valence-electron chi connectivity index (χ1n) is 5.78. The number of nitrogens with one attached hydrogen (secondary N) is 2. The molecule has 1 aliphatic heterocycles. The summed E-state index contributed by atoms with van der Waals surface area (Å²) in [6.07, 6.45) is 4.94. The molecule has 2 heterocycles. The molecule has 1 aromatic heterocycles. The van der Waals surface area contributed by atoms with Crippen molar-refractivity contribution in [3.05, 3.63) is 14.7 Å². The Morgan fingerprint density at radius 1 is 1.35 bits per heavy atom. The lowest BCUT2D eigenvalue weighted by atomic mass is 9.92. The summed E-state index contributed by atoms with van der Waals surface area (Å²) in [6.45, 7) is 0. The van der Waals surface area contributed by atoms with Crippen LogP contribution in [0.2, 0.25) is 9.36 Å². The first-order chi connectivity index (χ1) is 8.24. The Hall–Kier alpha value is -0.450. The van der Waals surface area contributed by atoms with Gasteiger partial charge in [-0.05, 0) is 12.8 Å². The fourth-order valence-corrected chi connectivity index (χ4v) is 3.69. The Labute approximate surface area is 114 Å². The van der Waals surface area contributed by atoms with E-state index in [0.717, 1.165) is 11.6 Å². The predicted octanol–water partition coefficient (Wildman–Crippen LogP) is 3.74. The largest absolute Gasteiger partial charge is 0.351 e. The highest BCUT2D eigenvalue weighted by molar-refractivity contribution is 7.15. The molecule has 0 amide bonds. The number of thiophene rings is 1. The first-order valence-corrected chi connectivity index (χ1v) is 7.41. The first kappa shape index (κ1) is 11.6. The average Bonchev–Trinajstić information content (AvgIpc) is 2.87. The van der Waals surface area contributed by atoms with Crippen molar-refractivity contribution in [1.29, 1.82) is 0 Å². The van der Waals surface area contributed by atoms with Gasteiger partial charge in [0.05, 0.1) is 22.8 Å². The Bertz CT molecular complexity index is 438. The molecule has 0 spiro atoms. The van der Waals surface area contributed by atoms with Gasteiger partial charge < -0.3 is 10.6 Å². The van der Waals surface area contributed by atoms with E-state index < -0.39 is 0 Å². The van der Waals surface area contributed by atoms with Crippen LogP contribution in [0.1, 0.15) is 25.7 Å². The molecule has 6 heteroatoms. The summed E-state index contributed by atoms with van der Waals surface area (Å²) in [7, 11) is 0. The van der Waals surface area contributed by atoms with Crippen molar-refractivity contribution in [3.63, 3.8) is 0 Å². The van der Waals surface area contributed by atoms with Crippen LogP contribution in [0.5, 0.6) is 0 Å².